The van der Waals surface area contributed by atoms with E-state index >= 15 is 0 Å². The Kier molecular flexibility index (Phi) is 8.52. The van der Waals surface area contributed by atoms with Gasteiger partial charge in [0.15, 0.2) is 5.82 Å². The number of pyridine rings is 2. The van der Waals surface area contributed by atoms with Gasteiger partial charge in [0.05, 0.1) is 22.9 Å². The Labute approximate surface area is 260 Å². The first-order valence-electron chi connectivity index (χ1n) is 15.0. The van der Waals surface area contributed by atoms with Gasteiger partial charge in [-0.05, 0) is 68.9 Å². The van der Waals surface area contributed by atoms with Crippen LogP contribution in [-0.4, -0.2) is 63.6 Å². The Morgan fingerprint density at radius 3 is 2.62 bits per heavy atom. The number of fused-ring (bicyclic) bond motifs is 1. The molecule has 1 aliphatic rings. The molecule has 0 atom stereocenters. The number of hydrogen-bond donors (Lipinski definition) is 5. The predicted octanol–water partition coefficient (Wildman–Crippen LogP) is 5.93. The maximum atomic E-state index is 14.7. The van der Waals surface area contributed by atoms with Crippen LogP contribution in [0.15, 0.2) is 67.1 Å². The standard InChI is InChI=1S/C34H36FN9O/c1-44(2)11-10-39-25-13-21(12-24(35)16-25)27-8-5-9-29-31(27)43-33(42-29)30(36)28-15-23(18-40-32(28)37)22-14-26(19-38-17-22)41-34(45)20-6-3-4-7-20/h5,8-9,12-20,36,39H,3-4,6-7,10-11H2,1-2H3,(H2,37,40)(H,41,45)(H,42,43). The molecule has 6 rings (SSSR count). The fraction of sp³-hybridized carbons (Fsp3) is 0.265. The van der Waals surface area contributed by atoms with Crippen molar-refractivity contribution in [1.29, 1.82) is 5.41 Å². The number of carbonyl (C=O) groups excluding carboxylic acids is 1. The van der Waals surface area contributed by atoms with Gasteiger partial charge in [0.25, 0.3) is 0 Å². The lowest BCUT2D eigenvalue weighted by Gasteiger charge is -2.13. The van der Waals surface area contributed by atoms with E-state index in [9.17, 15) is 9.18 Å². The zero-order valence-corrected chi connectivity index (χ0v) is 25.3. The Morgan fingerprint density at radius 1 is 1.04 bits per heavy atom. The molecule has 10 nitrogen and oxygen atoms in total. The summed E-state index contributed by atoms with van der Waals surface area (Å²) in [5.74, 6) is 0.188. The summed E-state index contributed by atoms with van der Waals surface area (Å²) in [6.45, 7) is 1.48. The van der Waals surface area contributed by atoms with Crippen molar-refractivity contribution in [3.8, 4) is 22.3 Å². The van der Waals surface area contributed by atoms with Crippen LogP contribution >= 0.6 is 0 Å². The summed E-state index contributed by atoms with van der Waals surface area (Å²) < 4.78 is 14.7. The van der Waals surface area contributed by atoms with Gasteiger partial charge >= 0.3 is 0 Å². The summed E-state index contributed by atoms with van der Waals surface area (Å²) in [4.78, 5) is 31.4. The quantitative estimate of drug-likeness (QED) is 0.124. The number of nitrogens with one attached hydrogen (secondary N) is 4. The molecule has 0 aliphatic heterocycles. The zero-order chi connectivity index (χ0) is 31.5. The van der Waals surface area contributed by atoms with Gasteiger partial charge in [-0.2, -0.15) is 0 Å². The van der Waals surface area contributed by atoms with Crippen LogP contribution in [0.2, 0.25) is 0 Å². The lowest BCUT2D eigenvalue weighted by atomic mass is 10.0. The number of hydrogen-bond acceptors (Lipinski definition) is 8. The number of para-hydroxylation sites is 1. The number of nitrogen functional groups attached to an aromatic ring is 1. The molecule has 3 aromatic heterocycles. The fourth-order valence-electron chi connectivity index (χ4n) is 5.71. The van der Waals surface area contributed by atoms with Crippen LogP contribution in [-0.2, 0) is 4.79 Å². The maximum Gasteiger partial charge on any atom is 0.227 e. The van der Waals surface area contributed by atoms with E-state index in [2.05, 4.69) is 30.5 Å². The molecule has 6 N–H and O–H groups in total. The van der Waals surface area contributed by atoms with Gasteiger partial charge in [-0.1, -0.05) is 25.0 Å². The van der Waals surface area contributed by atoms with Crippen molar-refractivity contribution in [3.63, 3.8) is 0 Å². The normalized spacial score (nSPS) is 13.4. The van der Waals surface area contributed by atoms with Crippen LogP contribution < -0.4 is 16.4 Å². The highest BCUT2D eigenvalue weighted by Gasteiger charge is 2.23. The Balaban J connectivity index is 1.28. The minimum atomic E-state index is -0.354. The largest absolute Gasteiger partial charge is 0.384 e. The number of halogens is 1. The first kappa shape index (κ1) is 29.9. The topological polar surface area (TPSA) is 149 Å². The molecule has 1 aliphatic carbocycles. The molecule has 0 radical (unpaired) electrons. The molecule has 0 unspecified atom stereocenters. The molecule has 11 heteroatoms. The van der Waals surface area contributed by atoms with E-state index in [0.717, 1.165) is 43.4 Å². The van der Waals surface area contributed by atoms with Gasteiger partial charge in [-0.15, -0.1) is 0 Å². The Morgan fingerprint density at radius 2 is 1.82 bits per heavy atom. The summed E-state index contributed by atoms with van der Waals surface area (Å²) >= 11 is 0. The lowest BCUT2D eigenvalue weighted by molar-refractivity contribution is -0.119. The van der Waals surface area contributed by atoms with Crippen molar-refractivity contribution in [3.05, 3.63) is 84.3 Å². The minimum Gasteiger partial charge on any atom is -0.384 e. The van der Waals surface area contributed by atoms with E-state index < -0.39 is 0 Å². The van der Waals surface area contributed by atoms with Crippen molar-refractivity contribution in [1.82, 2.24) is 24.8 Å². The van der Waals surface area contributed by atoms with Crippen molar-refractivity contribution in [2.45, 2.75) is 25.7 Å². The molecular weight excluding hydrogens is 569 g/mol. The molecule has 5 aromatic rings. The van der Waals surface area contributed by atoms with E-state index in [-0.39, 0.29) is 29.2 Å². The average molecular weight is 606 g/mol. The highest BCUT2D eigenvalue weighted by molar-refractivity contribution is 6.13. The molecule has 45 heavy (non-hydrogen) atoms. The maximum absolute atomic E-state index is 14.7. The molecule has 2 aromatic carbocycles. The van der Waals surface area contributed by atoms with E-state index in [1.54, 1.807) is 24.7 Å². The van der Waals surface area contributed by atoms with Gasteiger partial charge < -0.3 is 26.3 Å². The van der Waals surface area contributed by atoms with Crippen LogP contribution in [0.4, 0.5) is 21.6 Å². The third-order valence-electron chi connectivity index (χ3n) is 8.10. The number of aromatic amines is 1. The third-order valence-corrected chi connectivity index (χ3v) is 8.10. The average Bonchev–Trinajstić information content (AvgIpc) is 3.72. The van der Waals surface area contributed by atoms with E-state index in [1.807, 2.05) is 44.4 Å². The molecule has 1 fully saturated rings. The number of anilines is 3. The van der Waals surface area contributed by atoms with Gasteiger partial charge in [-0.25, -0.2) is 14.4 Å². The highest BCUT2D eigenvalue weighted by Crippen LogP contribution is 2.32. The van der Waals surface area contributed by atoms with Crippen LogP contribution in [0, 0.1) is 17.1 Å². The number of likely N-dealkylation sites (N-methyl/N-ethyl adjacent to an activating group) is 1. The summed E-state index contributed by atoms with van der Waals surface area (Å²) in [6, 6.07) is 14.1. The number of H-pyrrole nitrogens is 1. The number of rotatable bonds is 10. The van der Waals surface area contributed by atoms with Crippen LogP contribution in [0.5, 0.6) is 0 Å². The number of amides is 1. The monoisotopic (exact) mass is 605 g/mol. The van der Waals surface area contributed by atoms with Crippen LogP contribution in [0.25, 0.3) is 33.3 Å². The lowest BCUT2D eigenvalue weighted by Crippen LogP contribution is -2.20. The molecule has 0 saturated heterocycles. The van der Waals surface area contributed by atoms with Gasteiger partial charge in [0, 0.05) is 59.3 Å². The van der Waals surface area contributed by atoms with Crippen molar-refractivity contribution >= 4 is 39.8 Å². The van der Waals surface area contributed by atoms with Crippen LogP contribution in [0.1, 0.15) is 37.1 Å². The van der Waals surface area contributed by atoms with Crippen molar-refractivity contribution in [2.75, 3.05) is 43.6 Å². The molecule has 0 bridgehead atoms. The molecule has 230 valence electrons. The fourth-order valence-corrected chi connectivity index (χ4v) is 5.71. The number of carbonyl (C=O) groups is 1. The van der Waals surface area contributed by atoms with Crippen molar-refractivity contribution in [2.24, 2.45) is 5.92 Å². The molecular formula is C34H36FN9O. The zero-order valence-electron chi connectivity index (χ0n) is 25.3. The minimum absolute atomic E-state index is 0.0173. The second-order valence-corrected chi connectivity index (χ2v) is 11.7. The SMILES string of the molecule is CN(C)CCNc1cc(F)cc(-c2cccc3[nH]c(C(=N)c4cc(-c5cncc(NC(=O)C6CCCC6)c5)cnc4N)nc23)c1. The van der Waals surface area contributed by atoms with Crippen LogP contribution in [0.3, 0.4) is 0 Å². The predicted molar refractivity (Wildman–Crippen MR) is 177 cm³/mol. The second-order valence-electron chi connectivity index (χ2n) is 11.7. The van der Waals surface area contributed by atoms with E-state index in [4.69, 9.17) is 16.1 Å². The highest BCUT2D eigenvalue weighted by atomic mass is 19.1. The second kappa shape index (κ2) is 12.8. The van der Waals surface area contributed by atoms with E-state index in [0.29, 0.717) is 51.5 Å². The summed E-state index contributed by atoms with van der Waals surface area (Å²) in [5.41, 5.74) is 12.2. The first-order valence-corrected chi connectivity index (χ1v) is 15.0. The number of imidazole rings is 1. The molecule has 0 spiro atoms. The first-order chi connectivity index (χ1) is 21.7. The van der Waals surface area contributed by atoms with Crippen molar-refractivity contribution < 1.29 is 9.18 Å². The number of nitrogens with zero attached hydrogens (tertiary/aromatic N) is 4. The smallest absolute Gasteiger partial charge is 0.227 e. The van der Waals surface area contributed by atoms with Gasteiger partial charge in [-0.3, -0.25) is 15.2 Å². The number of aromatic nitrogens is 4. The van der Waals surface area contributed by atoms with Gasteiger partial charge in [0.2, 0.25) is 5.91 Å². The third kappa shape index (κ3) is 6.68. The summed E-state index contributed by atoms with van der Waals surface area (Å²) in [7, 11) is 3.97. The molecule has 3 heterocycles. The number of benzene rings is 2. The molecule has 1 amide bonds. The number of nitrogens with two attached hydrogens (primary N) is 1. The summed E-state index contributed by atoms with van der Waals surface area (Å²) in [6.07, 6.45) is 8.90. The van der Waals surface area contributed by atoms with Gasteiger partial charge in [0.1, 0.15) is 17.3 Å². The molecule has 1 saturated carbocycles. The van der Waals surface area contributed by atoms with E-state index in [1.165, 1.54) is 12.1 Å². The Bertz CT molecular complexity index is 1880. The Hall–Kier alpha value is -5.16. The summed E-state index contributed by atoms with van der Waals surface area (Å²) in [5, 5.41) is 15.3.